The number of benzene rings is 1. The highest BCUT2D eigenvalue weighted by Gasteiger charge is 2.19. The van der Waals surface area contributed by atoms with E-state index in [2.05, 4.69) is 0 Å². The molecule has 0 spiro atoms. The Morgan fingerprint density at radius 3 is 2.32 bits per heavy atom. The van der Waals surface area contributed by atoms with Crippen molar-refractivity contribution >= 4 is 34.8 Å². The summed E-state index contributed by atoms with van der Waals surface area (Å²) in [7, 11) is 0. The Balaban J connectivity index is 2.12. The number of nitrogens with zero attached hydrogens (tertiary/aromatic N) is 3. The third kappa shape index (κ3) is 3.65. The molecule has 1 amide bonds. The first-order chi connectivity index (χ1) is 12.0. The Labute approximate surface area is 157 Å². The van der Waals surface area contributed by atoms with Crippen molar-refractivity contribution in [2.45, 2.75) is 20.3 Å². The molecule has 0 atom stereocenters. The van der Waals surface area contributed by atoms with Crippen LogP contribution in [0.1, 0.15) is 19.5 Å². The number of rotatable bonds is 5. The molecule has 0 aliphatic heterocycles. The fraction of sp³-hybridized carbons (Fsp3) is 0.263. The van der Waals surface area contributed by atoms with Crippen LogP contribution in [0.15, 0.2) is 42.6 Å². The molecule has 2 heterocycles. The van der Waals surface area contributed by atoms with Crippen molar-refractivity contribution < 1.29 is 4.79 Å². The van der Waals surface area contributed by atoms with Crippen LogP contribution in [-0.2, 0) is 11.2 Å². The molecular weight excluding hydrogens is 357 g/mol. The quantitative estimate of drug-likeness (QED) is 0.646. The summed E-state index contributed by atoms with van der Waals surface area (Å²) in [6.07, 6.45) is 2.06. The highest BCUT2D eigenvalue weighted by Crippen LogP contribution is 2.27. The lowest BCUT2D eigenvalue weighted by atomic mass is 10.1. The molecule has 130 valence electrons. The van der Waals surface area contributed by atoms with Gasteiger partial charge >= 0.3 is 0 Å². The van der Waals surface area contributed by atoms with Gasteiger partial charge in [-0.05, 0) is 38.1 Å². The predicted octanol–water partition coefficient (Wildman–Crippen LogP) is 4.72. The zero-order chi connectivity index (χ0) is 18.0. The molecule has 0 saturated carbocycles. The Kier molecular flexibility index (Phi) is 5.30. The van der Waals surface area contributed by atoms with Crippen LogP contribution in [0.5, 0.6) is 0 Å². The zero-order valence-corrected chi connectivity index (χ0v) is 15.7. The van der Waals surface area contributed by atoms with Crippen molar-refractivity contribution in [2.24, 2.45) is 0 Å². The average Bonchev–Trinajstić information content (AvgIpc) is 2.94. The number of likely N-dealkylation sites (N-methyl/N-ethyl adjacent to an activating group) is 1. The Morgan fingerprint density at radius 1 is 1.04 bits per heavy atom. The summed E-state index contributed by atoms with van der Waals surface area (Å²) in [5, 5.41) is 1.26. The predicted molar refractivity (Wildman–Crippen MR) is 102 cm³/mol. The summed E-state index contributed by atoms with van der Waals surface area (Å²) in [6.45, 7) is 5.33. The smallest absolute Gasteiger partial charge is 0.228 e. The molecule has 0 bridgehead atoms. The van der Waals surface area contributed by atoms with Crippen molar-refractivity contribution in [1.29, 1.82) is 0 Å². The van der Waals surface area contributed by atoms with E-state index in [0.29, 0.717) is 23.1 Å². The summed E-state index contributed by atoms with van der Waals surface area (Å²) >= 11 is 12.2. The van der Waals surface area contributed by atoms with Gasteiger partial charge in [0.25, 0.3) is 0 Å². The summed E-state index contributed by atoms with van der Waals surface area (Å²) in [5.74, 6) is 0.0713. The van der Waals surface area contributed by atoms with Crippen LogP contribution >= 0.6 is 23.2 Å². The molecule has 25 heavy (non-hydrogen) atoms. The van der Waals surface area contributed by atoms with E-state index in [0.717, 1.165) is 22.6 Å². The molecule has 0 saturated heterocycles. The van der Waals surface area contributed by atoms with E-state index in [9.17, 15) is 4.79 Å². The molecule has 3 aromatic rings. The maximum absolute atomic E-state index is 12.7. The summed E-state index contributed by atoms with van der Waals surface area (Å²) in [4.78, 5) is 19.2. The van der Waals surface area contributed by atoms with Crippen LogP contribution in [0, 0.1) is 0 Å². The number of halogens is 2. The number of pyridine rings is 1. The van der Waals surface area contributed by atoms with E-state index in [1.807, 2.05) is 53.5 Å². The molecule has 0 aliphatic rings. The molecule has 0 N–H and O–H groups in total. The van der Waals surface area contributed by atoms with Crippen molar-refractivity contribution in [3.8, 4) is 11.3 Å². The third-order valence-corrected chi connectivity index (χ3v) is 4.71. The van der Waals surface area contributed by atoms with Gasteiger partial charge in [0.05, 0.1) is 22.8 Å². The first-order valence-electron chi connectivity index (χ1n) is 8.23. The van der Waals surface area contributed by atoms with Crippen LogP contribution < -0.4 is 0 Å². The Bertz CT molecular complexity index is 899. The second kappa shape index (κ2) is 7.46. The SMILES string of the molecule is CCN(CC)C(=O)Cc1c(-c2ccc(Cl)cc2)nc2ccc(Cl)cn12. The van der Waals surface area contributed by atoms with E-state index in [-0.39, 0.29) is 12.3 Å². The van der Waals surface area contributed by atoms with Gasteiger partial charge in [-0.3, -0.25) is 4.79 Å². The molecule has 0 unspecified atom stereocenters. The third-order valence-electron chi connectivity index (χ3n) is 4.23. The van der Waals surface area contributed by atoms with Crippen LogP contribution in [0.3, 0.4) is 0 Å². The second-order valence-corrected chi connectivity index (χ2v) is 6.61. The van der Waals surface area contributed by atoms with E-state index in [4.69, 9.17) is 28.2 Å². The van der Waals surface area contributed by atoms with Gasteiger partial charge in [0, 0.05) is 29.9 Å². The maximum Gasteiger partial charge on any atom is 0.228 e. The van der Waals surface area contributed by atoms with Crippen LogP contribution in [-0.4, -0.2) is 33.3 Å². The van der Waals surface area contributed by atoms with Crippen LogP contribution in [0.2, 0.25) is 10.0 Å². The van der Waals surface area contributed by atoms with E-state index in [1.165, 1.54) is 0 Å². The number of carbonyl (C=O) groups excluding carboxylic acids is 1. The lowest BCUT2D eigenvalue weighted by Gasteiger charge is -2.18. The number of hydrogen-bond donors (Lipinski definition) is 0. The van der Waals surface area contributed by atoms with Gasteiger partial charge in [-0.15, -0.1) is 0 Å². The van der Waals surface area contributed by atoms with Gasteiger partial charge in [0.2, 0.25) is 5.91 Å². The topological polar surface area (TPSA) is 37.6 Å². The monoisotopic (exact) mass is 375 g/mol. The number of hydrogen-bond acceptors (Lipinski definition) is 2. The molecule has 6 heteroatoms. The number of imidazole rings is 1. The molecular formula is C19H19Cl2N3O. The molecule has 0 radical (unpaired) electrons. The number of aromatic nitrogens is 2. The molecule has 0 aliphatic carbocycles. The number of carbonyl (C=O) groups is 1. The van der Waals surface area contributed by atoms with Gasteiger partial charge in [0.1, 0.15) is 5.65 Å². The van der Waals surface area contributed by atoms with Crippen LogP contribution in [0.25, 0.3) is 16.9 Å². The Hall–Kier alpha value is -2.04. The van der Waals surface area contributed by atoms with E-state index >= 15 is 0 Å². The first kappa shape index (κ1) is 17.8. The summed E-state index contributed by atoms with van der Waals surface area (Å²) in [5.41, 5.74) is 3.29. The minimum atomic E-state index is 0.0713. The standard InChI is InChI=1S/C19H19Cl2N3O/c1-3-23(4-2)18(25)11-16-19(13-5-7-14(20)8-6-13)22-17-10-9-15(21)12-24(16)17/h5-10,12H,3-4,11H2,1-2H3. The van der Waals surface area contributed by atoms with Crippen molar-refractivity contribution in [2.75, 3.05) is 13.1 Å². The van der Waals surface area contributed by atoms with Gasteiger partial charge < -0.3 is 9.30 Å². The van der Waals surface area contributed by atoms with E-state index < -0.39 is 0 Å². The van der Waals surface area contributed by atoms with Crippen molar-refractivity contribution in [1.82, 2.24) is 14.3 Å². The molecule has 1 aromatic carbocycles. The molecule has 0 fully saturated rings. The van der Waals surface area contributed by atoms with Crippen molar-refractivity contribution in [3.63, 3.8) is 0 Å². The number of fused-ring (bicyclic) bond motifs is 1. The normalized spacial score (nSPS) is 11.0. The lowest BCUT2D eigenvalue weighted by Crippen LogP contribution is -2.32. The number of amides is 1. The van der Waals surface area contributed by atoms with Gasteiger partial charge in [-0.1, -0.05) is 35.3 Å². The maximum atomic E-state index is 12.7. The fourth-order valence-electron chi connectivity index (χ4n) is 2.91. The fourth-order valence-corrected chi connectivity index (χ4v) is 3.19. The molecule has 2 aromatic heterocycles. The zero-order valence-electron chi connectivity index (χ0n) is 14.2. The van der Waals surface area contributed by atoms with Gasteiger partial charge in [-0.2, -0.15) is 0 Å². The molecule has 4 nitrogen and oxygen atoms in total. The van der Waals surface area contributed by atoms with Gasteiger partial charge in [-0.25, -0.2) is 4.98 Å². The largest absolute Gasteiger partial charge is 0.343 e. The van der Waals surface area contributed by atoms with E-state index in [1.54, 1.807) is 12.3 Å². The highest BCUT2D eigenvalue weighted by molar-refractivity contribution is 6.30. The lowest BCUT2D eigenvalue weighted by molar-refractivity contribution is -0.130. The minimum absolute atomic E-state index is 0.0713. The first-order valence-corrected chi connectivity index (χ1v) is 8.99. The highest BCUT2D eigenvalue weighted by atomic mass is 35.5. The van der Waals surface area contributed by atoms with Gasteiger partial charge in [0.15, 0.2) is 0 Å². The summed E-state index contributed by atoms with van der Waals surface area (Å²) < 4.78 is 1.90. The average molecular weight is 376 g/mol. The van der Waals surface area contributed by atoms with Crippen molar-refractivity contribution in [3.05, 3.63) is 58.3 Å². The van der Waals surface area contributed by atoms with Crippen LogP contribution in [0.4, 0.5) is 0 Å². The second-order valence-electron chi connectivity index (χ2n) is 5.73. The minimum Gasteiger partial charge on any atom is -0.343 e. The Morgan fingerprint density at radius 2 is 1.68 bits per heavy atom. The summed E-state index contributed by atoms with van der Waals surface area (Å²) in [6, 6.07) is 11.1. The molecule has 3 rings (SSSR count).